The summed E-state index contributed by atoms with van der Waals surface area (Å²) in [7, 11) is 0. The van der Waals surface area contributed by atoms with Crippen molar-refractivity contribution in [2.45, 2.75) is 0 Å². The van der Waals surface area contributed by atoms with E-state index in [1.54, 1.807) is 24.3 Å². The zero-order valence-corrected chi connectivity index (χ0v) is 14.5. The van der Waals surface area contributed by atoms with Crippen molar-refractivity contribution >= 4 is 52.2 Å². The highest BCUT2D eigenvalue weighted by Crippen LogP contribution is 2.33. The maximum Gasteiger partial charge on any atom is 0.298 e. The van der Waals surface area contributed by atoms with Crippen molar-refractivity contribution in [2.24, 2.45) is 0 Å². The summed E-state index contributed by atoms with van der Waals surface area (Å²) in [5.74, 6) is -0.273. The van der Waals surface area contributed by atoms with Crippen LogP contribution < -0.4 is 4.90 Å². The fraction of sp³-hybridized carbons (Fsp3) is 0.333. The molecule has 0 saturated carbocycles. The van der Waals surface area contributed by atoms with E-state index in [0.29, 0.717) is 40.4 Å². The smallest absolute Gasteiger partial charge is 0.298 e. The van der Waals surface area contributed by atoms with Crippen LogP contribution in [0.2, 0.25) is 10.0 Å². The Balaban J connectivity index is 1.76. The van der Waals surface area contributed by atoms with E-state index in [4.69, 9.17) is 27.9 Å². The molecule has 1 N–H and O–H groups in total. The molecule has 1 aromatic carbocycles. The van der Waals surface area contributed by atoms with Crippen LogP contribution in [0.15, 0.2) is 23.1 Å². The fourth-order valence-corrected chi connectivity index (χ4v) is 3.73. The van der Waals surface area contributed by atoms with Crippen LogP contribution in [0, 0.1) is 0 Å². The Kier molecular flexibility index (Phi) is 5.28. The number of imide groups is 1. The van der Waals surface area contributed by atoms with Gasteiger partial charge >= 0.3 is 0 Å². The SMILES string of the molecule is O=C1S/C(=C\c2ccc(Cl)cc2Cl)C(=O)N1C[NH+]1CCOCC1. The molecule has 2 aliphatic heterocycles. The zero-order chi connectivity index (χ0) is 16.4. The lowest BCUT2D eigenvalue weighted by Crippen LogP contribution is -3.15. The molecule has 122 valence electrons. The number of carbonyl (C=O) groups is 2. The third-order valence-electron chi connectivity index (χ3n) is 3.70. The van der Waals surface area contributed by atoms with E-state index < -0.39 is 0 Å². The first-order valence-electron chi connectivity index (χ1n) is 7.16. The fourth-order valence-electron chi connectivity index (χ4n) is 2.44. The largest absolute Gasteiger partial charge is 0.370 e. The van der Waals surface area contributed by atoms with Gasteiger partial charge in [0.25, 0.3) is 11.1 Å². The number of hydrogen-bond donors (Lipinski definition) is 1. The van der Waals surface area contributed by atoms with Crippen LogP contribution >= 0.6 is 35.0 Å². The Hall–Kier alpha value is -1.05. The molecule has 0 unspecified atom stereocenters. The maximum absolute atomic E-state index is 12.5. The molecule has 0 atom stereocenters. The molecule has 1 aromatic rings. The van der Waals surface area contributed by atoms with Crippen molar-refractivity contribution < 1.29 is 19.2 Å². The molecule has 2 amide bonds. The van der Waals surface area contributed by atoms with Gasteiger partial charge in [-0.15, -0.1) is 0 Å². The molecular weight excluding hydrogens is 359 g/mol. The summed E-state index contributed by atoms with van der Waals surface area (Å²) < 4.78 is 5.29. The number of hydrogen-bond acceptors (Lipinski definition) is 4. The topological polar surface area (TPSA) is 51.0 Å². The van der Waals surface area contributed by atoms with Crippen molar-refractivity contribution in [3.63, 3.8) is 0 Å². The molecule has 8 heteroatoms. The average molecular weight is 374 g/mol. The van der Waals surface area contributed by atoms with Crippen molar-refractivity contribution in [1.29, 1.82) is 0 Å². The van der Waals surface area contributed by atoms with Gasteiger partial charge in [0.05, 0.1) is 18.1 Å². The number of nitrogens with zero attached hydrogens (tertiary/aromatic N) is 1. The Morgan fingerprint density at radius 2 is 2.00 bits per heavy atom. The van der Waals surface area contributed by atoms with Gasteiger partial charge in [-0.1, -0.05) is 29.3 Å². The molecule has 2 heterocycles. The number of ether oxygens (including phenoxy) is 1. The van der Waals surface area contributed by atoms with E-state index in [0.717, 1.165) is 24.9 Å². The van der Waals surface area contributed by atoms with Gasteiger partial charge in [0, 0.05) is 10.0 Å². The number of nitrogens with one attached hydrogen (secondary N) is 1. The number of carbonyl (C=O) groups excluding carboxylic acids is 2. The monoisotopic (exact) mass is 373 g/mol. The van der Waals surface area contributed by atoms with Crippen molar-refractivity contribution in [1.82, 2.24) is 4.90 Å². The number of thioether (sulfide) groups is 1. The summed E-state index contributed by atoms with van der Waals surface area (Å²) in [5, 5.41) is 0.726. The van der Waals surface area contributed by atoms with E-state index in [1.807, 2.05) is 0 Å². The van der Waals surface area contributed by atoms with Crippen LogP contribution in [-0.4, -0.2) is 49.0 Å². The first-order valence-corrected chi connectivity index (χ1v) is 8.73. The van der Waals surface area contributed by atoms with Gasteiger partial charge < -0.3 is 9.64 Å². The number of rotatable bonds is 3. The Morgan fingerprint density at radius 1 is 1.26 bits per heavy atom. The Morgan fingerprint density at radius 3 is 2.70 bits per heavy atom. The Bertz CT molecular complexity index is 675. The second-order valence-corrected chi connectivity index (χ2v) is 7.13. The molecule has 23 heavy (non-hydrogen) atoms. The zero-order valence-electron chi connectivity index (χ0n) is 12.2. The molecule has 0 radical (unpaired) electrons. The molecular formula is C15H15Cl2N2O3S+. The van der Waals surface area contributed by atoms with Crippen LogP contribution in [0.4, 0.5) is 4.79 Å². The first-order chi connectivity index (χ1) is 11.0. The van der Waals surface area contributed by atoms with E-state index in [2.05, 4.69) is 0 Å². The second-order valence-electron chi connectivity index (χ2n) is 5.30. The third-order valence-corrected chi connectivity index (χ3v) is 5.17. The van der Waals surface area contributed by atoms with Crippen LogP contribution in [0.5, 0.6) is 0 Å². The molecule has 0 aromatic heterocycles. The summed E-state index contributed by atoms with van der Waals surface area (Å²) in [5.41, 5.74) is 0.667. The number of morpholine rings is 1. The number of amides is 2. The molecule has 0 spiro atoms. The van der Waals surface area contributed by atoms with Crippen LogP contribution in [0.3, 0.4) is 0 Å². The van der Waals surface area contributed by atoms with Crippen LogP contribution in [0.1, 0.15) is 5.56 Å². The summed E-state index contributed by atoms with van der Waals surface area (Å²) in [6.45, 7) is 3.27. The molecule has 0 bridgehead atoms. The maximum atomic E-state index is 12.5. The lowest BCUT2D eigenvalue weighted by Gasteiger charge is -2.26. The number of benzene rings is 1. The minimum absolute atomic E-state index is 0.245. The normalized spacial score (nSPS) is 21.5. The van der Waals surface area contributed by atoms with Gasteiger partial charge in [0.2, 0.25) is 0 Å². The van der Waals surface area contributed by atoms with E-state index in [9.17, 15) is 9.59 Å². The molecule has 2 saturated heterocycles. The molecule has 2 fully saturated rings. The van der Waals surface area contributed by atoms with Gasteiger partial charge in [-0.05, 0) is 35.5 Å². The van der Waals surface area contributed by atoms with E-state index >= 15 is 0 Å². The minimum Gasteiger partial charge on any atom is -0.370 e. The summed E-state index contributed by atoms with van der Waals surface area (Å²) in [6.07, 6.45) is 1.64. The quantitative estimate of drug-likeness (QED) is 0.822. The van der Waals surface area contributed by atoms with Crippen LogP contribution in [-0.2, 0) is 9.53 Å². The number of halogens is 2. The Labute approximate surface area is 148 Å². The molecule has 5 nitrogen and oxygen atoms in total. The van der Waals surface area contributed by atoms with Crippen molar-refractivity contribution in [3.8, 4) is 0 Å². The summed E-state index contributed by atoms with van der Waals surface area (Å²) in [4.78, 5) is 27.4. The van der Waals surface area contributed by atoms with Gasteiger partial charge in [-0.2, -0.15) is 0 Å². The predicted molar refractivity (Wildman–Crippen MR) is 90.7 cm³/mol. The highest BCUT2D eigenvalue weighted by molar-refractivity contribution is 8.18. The van der Waals surface area contributed by atoms with Crippen molar-refractivity contribution in [3.05, 3.63) is 38.7 Å². The second kappa shape index (κ2) is 7.23. The summed E-state index contributed by atoms with van der Waals surface area (Å²) >= 11 is 12.9. The van der Waals surface area contributed by atoms with Gasteiger partial charge in [0.15, 0.2) is 6.67 Å². The highest BCUT2D eigenvalue weighted by atomic mass is 35.5. The molecule has 3 rings (SSSR count). The minimum atomic E-state index is -0.273. The lowest BCUT2D eigenvalue weighted by molar-refractivity contribution is -0.915. The van der Waals surface area contributed by atoms with Crippen LogP contribution in [0.25, 0.3) is 6.08 Å². The van der Waals surface area contributed by atoms with Gasteiger partial charge in [0.1, 0.15) is 13.1 Å². The average Bonchev–Trinajstić information content (AvgIpc) is 2.79. The molecule has 2 aliphatic rings. The summed E-state index contributed by atoms with van der Waals surface area (Å²) in [6, 6.07) is 5.03. The van der Waals surface area contributed by atoms with Gasteiger partial charge in [-0.3, -0.25) is 9.59 Å². The van der Waals surface area contributed by atoms with E-state index in [1.165, 1.54) is 9.80 Å². The van der Waals surface area contributed by atoms with E-state index in [-0.39, 0.29) is 11.1 Å². The van der Waals surface area contributed by atoms with Gasteiger partial charge in [-0.25, -0.2) is 4.90 Å². The predicted octanol–water partition coefficient (Wildman–Crippen LogP) is 1.90. The standard InChI is InChI=1S/C15H14Cl2N2O3S/c16-11-2-1-10(12(17)8-11)7-13-14(20)19(15(21)23-13)9-18-3-5-22-6-4-18/h1-2,7-8H,3-6,9H2/p+1/b13-7-. The third kappa shape index (κ3) is 3.89. The van der Waals surface area contributed by atoms with Crippen molar-refractivity contribution in [2.75, 3.05) is 33.0 Å². The highest BCUT2D eigenvalue weighted by Gasteiger charge is 2.37. The lowest BCUT2D eigenvalue weighted by atomic mass is 10.2. The first kappa shape index (κ1) is 16.8. The number of quaternary nitrogens is 1. The molecule has 0 aliphatic carbocycles.